The molecule has 0 aliphatic heterocycles. The fourth-order valence-electron chi connectivity index (χ4n) is 2.48. The molecule has 0 spiro atoms. The van der Waals surface area contributed by atoms with Crippen molar-refractivity contribution in [1.82, 2.24) is 0 Å². The summed E-state index contributed by atoms with van der Waals surface area (Å²) in [5, 5.41) is 18.0. The molecule has 3 aromatic rings. The molecule has 1 heterocycles. The highest BCUT2D eigenvalue weighted by atomic mass is 35.5. The van der Waals surface area contributed by atoms with Crippen LogP contribution in [0.2, 0.25) is 10.0 Å². The number of nitrogens with two attached hydrogens (primary N) is 1. The number of oxime groups is 1. The summed E-state index contributed by atoms with van der Waals surface area (Å²) in [4.78, 5) is 0.554. The summed E-state index contributed by atoms with van der Waals surface area (Å²) in [5.41, 5.74) is 6.29. The lowest BCUT2D eigenvalue weighted by molar-refractivity contribution is -0.137. The third-order valence-electron chi connectivity index (χ3n) is 3.81. The lowest BCUT2D eigenvalue weighted by Crippen LogP contribution is -2.07. The molecule has 0 unspecified atom stereocenters. The van der Waals surface area contributed by atoms with E-state index in [1.807, 2.05) is 0 Å². The van der Waals surface area contributed by atoms with Crippen molar-refractivity contribution in [3.05, 3.63) is 73.9 Å². The lowest BCUT2D eigenvalue weighted by atomic mass is 10.1. The Bertz CT molecular complexity index is 1050. The van der Waals surface area contributed by atoms with Gasteiger partial charge in [0, 0.05) is 11.3 Å². The average molecular weight is 446 g/mol. The van der Waals surface area contributed by atoms with E-state index in [-0.39, 0.29) is 16.4 Å². The molecule has 0 fully saturated rings. The second kappa shape index (κ2) is 7.90. The van der Waals surface area contributed by atoms with Crippen LogP contribution in [0.5, 0.6) is 0 Å². The summed E-state index contributed by atoms with van der Waals surface area (Å²) in [5.74, 6) is 0. The number of alkyl halides is 3. The van der Waals surface area contributed by atoms with Crippen LogP contribution in [0.4, 0.5) is 30.2 Å². The van der Waals surface area contributed by atoms with Crippen LogP contribution >= 0.6 is 34.5 Å². The van der Waals surface area contributed by atoms with E-state index in [0.717, 1.165) is 12.1 Å². The Morgan fingerprint density at radius 2 is 1.82 bits per heavy atom. The van der Waals surface area contributed by atoms with Crippen LogP contribution < -0.4 is 11.1 Å². The molecule has 146 valence electrons. The maximum absolute atomic E-state index is 12.7. The van der Waals surface area contributed by atoms with Crippen molar-refractivity contribution >= 4 is 57.3 Å². The number of halogens is 5. The first-order valence-electron chi connectivity index (χ1n) is 7.70. The molecule has 0 bridgehead atoms. The molecule has 2 aromatic carbocycles. The number of nitrogens with zero attached hydrogens (tertiary/aromatic N) is 1. The monoisotopic (exact) mass is 445 g/mol. The van der Waals surface area contributed by atoms with E-state index in [1.54, 1.807) is 29.6 Å². The second-order valence-corrected chi connectivity index (χ2v) is 7.40. The zero-order valence-corrected chi connectivity index (χ0v) is 16.2. The molecule has 0 aliphatic carbocycles. The molecule has 10 heteroatoms. The average Bonchev–Trinajstić information content (AvgIpc) is 3.04. The smallest absolute Gasteiger partial charge is 0.410 e. The minimum absolute atomic E-state index is 0.0574. The highest BCUT2D eigenvalue weighted by Gasteiger charge is 2.30. The van der Waals surface area contributed by atoms with Gasteiger partial charge in [0.25, 0.3) is 0 Å². The van der Waals surface area contributed by atoms with Gasteiger partial charge < -0.3 is 16.3 Å². The van der Waals surface area contributed by atoms with Crippen LogP contribution in [0.25, 0.3) is 0 Å². The van der Waals surface area contributed by atoms with Crippen molar-refractivity contribution in [2.75, 3.05) is 11.1 Å². The third kappa shape index (κ3) is 4.19. The Labute approximate surface area is 172 Å². The summed E-state index contributed by atoms with van der Waals surface area (Å²) >= 11 is 13.7. The number of nitrogens with one attached hydrogen (secondary N) is 1. The highest BCUT2D eigenvalue weighted by molar-refractivity contribution is 7.13. The molecule has 0 amide bonds. The number of anilines is 3. The molecule has 1 aromatic heterocycles. The van der Waals surface area contributed by atoms with Crippen molar-refractivity contribution in [3.63, 3.8) is 0 Å². The number of nitrogen functional groups attached to an aromatic ring is 1. The molecule has 0 saturated heterocycles. The molecule has 4 nitrogen and oxygen atoms in total. The van der Waals surface area contributed by atoms with Gasteiger partial charge in [-0.25, -0.2) is 0 Å². The Hall–Kier alpha value is -2.42. The fourth-order valence-corrected chi connectivity index (χ4v) is 3.89. The number of hydrogen-bond donors (Lipinski definition) is 3. The minimum Gasteiger partial charge on any atom is -0.410 e. The second-order valence-electron chi connectivity index (χ2n) is 5.67. The molecule has 0 atom stereocenters. The Kier molecular flexibility index (Phi) is 5.74. The van der Waals surface area contributed by atoms with Crippen molar-refractivity contribution < 1.29 is 18.4 Å². The standard InChI is InChI=1S/C18H12Cl2F3N3OS/c19-12-5-6-28-17(12)16(26-27)11-3-2-10(8-13(11)20)25-15-4-1-9(7-14(15)24)18(21,22)23/h1-8,25,27H,24H2. The van der Waals surface area contributed by atoms with E-state index in [9.17, 15) is 18.4 Å². The predicted octanol–water partition coefficient (Wildman–Crippen LogP) is 6.63. The van der Waals surface area contributed by atoms with E-state index >= 15 is 0 Å². The van der Waals surface area contributed by atoms with Crippen LogP contribution in [-0.4, -0.2) is 10.9 Å². The van der Waals surface area contributed by atoms with E-state index in [4.69, 9.17) is 28.9 Å². The molecule has 28 heavy (non-hydrogen) atoms. The summed E-state index contributed by atoms with van der Waals surface area (Å²) in [6.07, 6.45) is -4.47. The van der Waals surface area contributed by atoms with Crippen molar-refractivity contribution in [1.29, 1.82) is 0 Å². The third-order valence-corrected chi connectivity index (χ3v) is 5.48. The molecule has 0 radical (unpaired) electrons. The predicted molar refractivity (Wildman–Crippen MR) is 107 cm³/mol. The van der Waals surface area contributed by atoms with Gasteiger partial charge in [-0.1, -0.05) is 28.4 Å². The van der Waals surface area contributed by atoms with E-state index in [0.29, 0.717) is 26.8 Å². The fraction of sp³-hybridized carbons (Fsp3) is 0.0556. The van der Waals surface area contributed by atoms with Gasteiger partial charge in [-0.15, -0.1) is 11.3 Å². The van der Waals surface area contributed by atoms with Gasteiger partial charge in [0.15, 0.2) is 0 Å². The van der Waals surface area contributed by atoms with Gasteiger partial charge >= 0.3 is 6.18 Å². The summed E-state index contributed by atoms with van der Waals surface area (Å²) in [6, 6.07) is 9.48. The van der Waals surface area contributed by atoms with Gasteiger partial charge in [0.2, 0.25) is 0 Å². The maximum atomic E-state index is 12.7. The zero-order valence-electron chi connectivity index (χ0n) is 13.9. The van der Waals surface area contributed by atoms with Gasteiger partial charge in [-0.2, -0.15) is 13.2 Å². The SMILES string of the molecule is Nc1cc(C(F)(F)F)ccc1Nc1ccc(C(=NO)c2sccc2Cl)c(Cl)c1. The zero-order chi connectivity index (χ0) is 20.5. The van der Waals surface area contributed by atoms with Crippen molar-refractivity contribution in [2.45, 2.75) is 6.18 Å². The minimum atomic E-state index is -4.47. The quantitative estimate of drug-likeness (QED) is 0.182. The summed E-state index contributed by atoms with van der Waals surface area (Å²) in [6.45, 7) is 0. The van der Waals surface area contributed by atoms with Crippen LogP contribution in [0.1, 0.15) is 16.0 Å². The van der Waals surface area contributed by atoms with Gasteiger partial charge in [0.05, 0.1) is 31.9 Å². The number of hydrogen-bond acceptors (Lipinski definition) is 5. The normalized spacial score (nSPS) is 12.2. The number of rotatable bonds is 4. The highest BCUT2D eigenvalue weighted by Crippen LogP contribution is 2.35. The lowest BCUT2D eigenvalue weighted by Gasteiger charge is -2.14. The molecular weight excluding hydrogens is 434 g/mol. The van der Waals surface area contributed by atoms with Gasteiger partial charge in [-0.3, -0.25) is 0 Å². The van der Waals surface area contributed by atoms with Crippen molar-refractivity contribution in [3.8, 4) is 0 Å². The van der Waals surface area contributed by atoms with Gasteiger partial charge in [-0.05, 0) is 47.8 Å². The Balaban J connectivity index is 1.88. The van der Waals surface area contributed by atoms with E-state index < -0.39 is 11.7 Å². The Morgan fingerprint density at radius 1 is 1.07 bits per heavy atom. The van der Waals surface area contributed by atoms with E-state index in [1.165, 1.54) is 17.4 Å². The van der Waals surface area contributed by atoms with Crippen LogP contribution in [0.3, 0.4) is 0 Å². The summed E-state index contributed by atoms with van der Waals surface area (Å²) in [7, 11) is 0. The first-order valence-corrected chi connectivity index (χ1v) is 9.33. The molecule has 3 rings (SSSR count). The summed E-state index contributed by atoms with van der Waals surface area (Å²) < 4.78 is 38.2. The van der Waals surface area contributed by atoms with Gasteiger partial charge in [0.1, 0.15) is 5.71 Å². The maximum Gasteiger partial charge on any atom is 0.416 e. The van der Waals surface area contributed by atoms with Crippen LogP contribution in [-0.2, 0) is 6.18 Å². The first-order chi connectivity index (χ1) is 13.2. The van der Waals surface area contributed by atoms with Crippen LogP contribution in [0.15, 0.2) is 53.0 Å². The Morgan fingerprint density at radius 3 is 2.36 bits per heavy atom. The van der Waals surface area contributed by atoms with E-state index in [2.05, 4.69) is 10.5 Å². The number of thiophene rings is 1. The number of benzene rings is 2. The first kappa shape index (κ1) is 20.3. The molecule has 0 saturated carbocycles. The topological polar surface area (TPSA) is 70.6 Å². The van der Waals surface area contributed by atoms with Crippen LogP contribution in [0, 0.1) is 0 Å². The largest absolute Gasteiger partial charge is 0.416 e. The molecular formula is C18H12Cl2F3N3OS. The molecule has 4 N–H and O–H groups in total. The molecule has 0 aliphatic rings. The van der Waals surface area contributed by atoms with Crippen molar-refractivity contribution in [2.24, 2.45) is 5.16 Å².